The third-order valence-electron chi connectivity index (χ3n) is 3.05. The van der Waals surface area contributed by atoms with Crippen LogP contribution in [0, 0.1) is 5.82 Å². The van der Waals surface area contributed by atoms with Crippen LogP contribution in [0.3, 0.4) is 0 Å². The first-order valence-electron chi connectivity index (χ1n) is 6.56. The molecule has 2 aromatic rings. The Hall–Kier alpha value is -2.11. The van der Waals surface area contributed by atoms with E-state index < -0.39 is 11.9 Å². The summed E-state index contributed by atoms with van der Waals surface area (Å²) in [6.07, 6.45) is -0.829. The molecule has 0 saturated heterocycles. The Balaban J connectivity index is 2.03. The van der Waals surface area contributed by atoms with Crippen molar-refractivity contribution in [3.63, 3.8) is 0 Å². The Morgan fingerprint density at radius 2 is 2.00 bits per heavy atom. The molecule has 2 aromatic carbocycles. The molecule has 0 radical (unpaired) electrons. The minimum Gasteiger partial charge on any atom is -0.497 e. The highest BCUT2D eigenvalue weighted by Gasteiger charge is 2.10. The summed E-state index contributed by atoms with van der Waals surface area (Å²) in [6.45, 7) is 0.243. The number of methoxy groups -OCH3 is 1. The summed E-state index contributed by atoms with van der Waals surface area (Å²) in [4.78, 5) is 0. The van der Waals surface area contributed by atoms with E-state index in [1.807, 2.05) is 0 Å². The van der Waals surface area contributed by atoms with Crippen molar-refractivity contribution in [1.82, 2.24) is 0 Å². The molecule has 0 spiro atoms. The average molecular weight is 291 g/mol. The minimum atomic E-state index is -0.829. The second-order valence-electron chi connectivity index (χ2n) is 4.60. The first-order chi connectivity index (χ1) is 10.1. The Kier molecular flexibility index (Phi) is 5.14. The summed E-state index contributed by atoms with van der Waals surface area (Å²) < 4.78 is 23.9. The Labute approximate surface area is 122 Å². The quantitative estimate of drug-likeness (QED) is 0.858. The lowest BCUT2D eigenvalue weighted by Gasteiger charge is -2.14. The van der Waals surface area contributed by atoms with Crippen LogP contribution in [0.25, 0.3) is 0 Å². The molecule has 1 unspecified atom stereocenters. The van der Waals surface area contributed by atoms with E-state index in [1.165, 1.54) is 12.1 Å². The highest BCUT2D eigenvalue weighted by molar-refractivity contribution is 5.31. The fourth-order valence-corrected chi connectivity index (χ4v) is 1.94. The minimum absolute atomic E-state index is 0.0145. The maximum Gasteiger partial charge on any atom is 0.127 e. The monoisotopic (exact) mass is 291 g/mol. The van der Waals surface area contributed by atoms with Crippen LogP contribution in [0.4, 0.5) is 4.39 Å². The van der Waals surface area contributed by atoms with Gasteiger partial charge < -0.3 is 20.3 Å². The smallest absolute Gasteiger partial charge is 0.127 e. The lowest BCUT2D eigenvalue weighted by molar-refractivity contribution is 0.108. The van der Waals surface area contributed by atoms with E-state index in [0.29, 0.717) is 22.6 Å². The highest BCUT2D eigenvalue weighted by atomic mass is 19.1. The molecular formula is C16H18FNO3. The lowest BCUT2D eigenvalue weighted by Crippen LogP contribution is -2.10. The molecule has 0 aliphatic heterocycles. The van der Waals surface area contributed by atoms with Crippen LogP contribution < -0.4 is 15.2 Å². The van der Waals surface area contributed by atoms with Gasteiger partial charge in [0.05, 0.1) is 7.11 Å². The number of halogens is 1. The molecule has 0 bridgehead atoms. The normalized spacial score (nSPS) is 12.0. The SMILES string of the molecule is COc1cccc(C(O)COc2cc(F)cc(CN)c2)c1. The van der Waals surface area contributed by atoms with Gasteiger partial charge in [0, 0.05) is 12.6 Å². The second kappa shape index (κ2) is 7.06. The third kappa shape index (κ3) is 4.18. The third-order valence-corrected chi connectivity index (χ3v) is 3.05. The van der Waals surface area contributed by atoms with E-state index in [1.54, 1.807) is 37.4 Å². The zero-order chi connectivity index (χ0) is 15.2. The van der Waals surface area contributed by atoms with Crippen molar-refractivity contribution in [3.8, 4) is 11.5 Å². The molecular weight excluding hydrogens is 273 g/mol. The van der Waals surface area contributed by atoms with Crippen molar-refractivity contribution < 1.29 is 19.0 Å². The molecule has 0 heterocycles. The Morgan fingerprint density at radius 1 is 1.19 bits per heavy atom. The van der Waals surface area contributed by atoms with Gasteiger partial charge in [0.15, 0.2) is 0 Å². The van der Waals surface area contributed by atoms with Gasteiger partial charge in [-0.25, -0.2) is 4.39 Å². The topological polar surface area (TPSA) is 64.7 Å². The maximum atomic E-state index is 13.3. The summed E-state index contributed by atoms with van der Waals surface area (Å²) in [5, 5.41) is 10.1. The van der Waals surface area contributed by atoms with E-state index in [-0.39, 0.29) is 13.2 Å². The molecule has 21 heavy (non-hydrogen) atoms. The van der Waals surface area contributed by atoms with E-state index in [9.17, 15) is 9.50 Å². The first kappa shape index (κ1) is 15.3. The fourth-order valence-electron chi connectivity index (χ4n) is 1.94. The molecule has 0 saturated carbocycles. The summed E-state index contributed by atoms with van der Waals surface area (Å²) >= 11 is 0. The van der Waals surface area contributed by atoms with Crippen molar-refractivity contribution in [2.24, 2.45) is 5.73 Å². The Bertz CT molecular complexity index is 604. The van der Waals surface area contributed by atoms with Crippen LogP contribution in [-0.4, -0.2) is 18.8 Å². The van der Waals surface area contributed by atoms with Gasteiger partial charge in [-0.15, -0.1) is 0 Å². The van der Waals surface area contributed by atoms with Gasteiger partial charge in [0.1, 0.15) is 30.0 Å². The molecule has 2 rings (SSSR count). The number of ether oxygens (including phenoxy) is 2. The van der Waals surface area contributed by atoms with Gasteiger partial charge in [0.25, 0.3) is 0 Å². The molecule has 0 aliphatic carbocycles. The molecule has 112 valence electrons. The molecule has 5 heteroatoms. The van der Waals surface area contributed by atoms with Crippen LogP contribution in [0.2, 0.25) is 0 Å². The predicted octanol–water partition coefficient (Wildman–Crippen LogP) is 2.41. The summed E-state index contributed by atoms with van der Waals surface area (Å²) in [7, 11) is 1.56. The molecule has 1 atom stereocenters. The standard InChI is InChI=1S/C16H18FNO3/c1-20-14-4-2-3-12(7-14)16(19)10-21-15-6-11(9-18)5-13(17)8-15/h2-8,16,19H,9-10,18H2,1H3. The van der Waals surface area contributed by atoms with Crippen LogP contribution in [0.1, 0.15) is 17.2 Å². The van der Waals surface area contributed by atoms with Gasteiger partial charge in [0.2, 0.25) is 0 Å². The molecule has 0 amide bonds. The average Bonchev–Trinajstić information content (AvgIpc) is 2.52. The van der Waals surface area contributed by atoms with Crippen molar-refractivity contribution in [2.45, 2.75) is 12.6 Å². The molecule has 0 aliphatic rings. The van der Waals surface area contributed by atoms with Gasteiger partial charge in [-0.05, 0) is 35.4 Å². The number of aliphatic hydroxyl groups is 1. The zero-order valence-electron chi connectivity index (χ0n) is 11.8. The fraction of sp³-hybridized carbons (Fsp3) is 0.250. The molecule has 3 N–H and O–H groups in total. The van der Waals surface area contributed by atoms with Gasteiger partial charge >= 0.3 is 0 Å². The second-order valence-corrected chi connectivity index (χ2v) is 4.60. The Morgan fingerprint density at radius 3 is 2.71 bits per heavy atom. The van der Waals surface area contributed by atoms with E-state index in [0.717, 1.165) is 0 Å². The van der Waals surface area contributed by atoms with Gasteiger partial charge in [-0.3, -0.25) is 0 Å². The van der Waals surface area contributed by atoms with Crippen LogP contribution >= 0.6 is 0 Å². The highest BCUT2D eigenvalue weighted by Crippen LogP contribution is 2.21. The number of hydrogen-bond donors (Lipinski definition) is 2. The molecule has 0 aromatic heterocycles. The predicted molar refractivity (Wildman–Crippen MR) is 77.7 cm³/mol. The van der Waals surface area contributed by atoms with Gasteiger partial charge in [-0.1, -0.05) is 12.1 Å². The van der Waals surface area contributed by atoms with Crippen LogP contribution in [-0.2, 0) is 6.54 Å². The maximum absolute atomic E-state index is 13.3. The van der Waals surface area contributed by atoms with Crippen molar-refractivity contribution in [2.75, 3.05) is 13.7 Å². The number of hydrogen-bond acceptors (Lipinski definition) is 4. The van der Waals surface area contributed by atoms with Crippen molar-refractivity contribution in [3.05, 3.63) is 59.4 Å². The number of aliphatic hydroxyl groups excluding tert-OH is 1. The van der Waals surface area contributed by atoms with Crippen LogP contribution in [0.15, 0.2) is 42.5 Å². The first-order valence-corrected chi connectivity index (χ1v) is 6.56. The summed E-state index contributed by atoms with van der Waals surface area (Å²) in [6, 6.07) is 11.3. The number of benzene rings is 2. The number of nitrogens with two attached hydrogens (primary N) is 1. The molecule has 0 fully saturated rings. The molecule has 4 nitrogen and oxygen atoms in total. The van der Waals surface area contributed by atoms with Gasteiger partial charge in [-0.2, -0.15) is 0 Å². The largest absolute Gasteiger partial charge is 0.497 e. The van der Waals surface area contributed by atoms with Crippen LogP contribution in [0.5, 0.6) is 11.5 Å². The van der Waals surface area contributed by atoms with E-state index in [2.05, 4.69) is 0 Å². The summed E-state index contributed by atoms with van der Waals surface area (Å²) in [5.74, 6) is 0.587. The number of rotatable bonds is 6. The summed E-state index contributed by atoms with van der Waals surface area (Å²) in [5.41, 5.74) is 6.79. The van der Waals surface area contributed by atoms with E-state index >= 15 is 0 Å². The van der Waals surface area contributed by atoms with E-state index in [4.69, 9.17) is 15.2 Å². The lowest BCUT2D eigenvalue weighted by atomic mass is 10.1. The van der Waals surface area contributed by atoms with Crippen molar-refractivity contribution in [1.29, 1.82) is 0 Å². The van der Waals surface area contributed by atoms with Crippen molar-refractivity contribution >= 4 is 0 Å². The zero-order valence-corrected chi connectivity index (χ0v) is 11.8.